The molecule has 1 aliphatic rings. The number of guanidine groups is 1. The molecule has 3 rings (SSSR count). The van der Waals surface area contributed by atoms with Crippen LogP contribution in [0.25, 0.3) is 10.9 Å². The number of benzene rings is 1. The summed E-state index contributed by atoms with van der Waals surface area (Å²) >= 11 is 0. The summed E-state index contributed by atoms with van der Waals surface area (Å²) in [7, 11) is 1.95. The van der Waals surface area contributed by atoms with Crippen LogP contribution in [0.1, 0.15) is 66.6 Å². The third-order valence-electron chi connectivity index (χ3n) is 5.31. The molecule has 1 heterocycles. The van der Waals surface area contributed by atoms with Gasteiger partial charge in [-0.25, -0.2) is 9.79 Å². The fraction of sp³-hybridized carbons (Fsp3) is 0.500. The highest BCUT2D eigenvalue weighted by molar-refractivity contribution is 6.06. The molecule has 4 N–H and O–H groups in total. The van der Waals surface area contributed by atoms with Crippen LogP contribution in [0.5, 0.6) is 0 Å². The van der Waals surface area contributed by atoms with Gasteiger partial charge in [0.05, 0.1) is 24.4 Å². The molecule has 1 aromatic carbocycles. The van der Waals surface area contributed by atoms with E-state index in [1.165, 1.54) is 37.7 Å². The maximum absolute atomic E-state index is 12.6. The molecule has 2 aromatic rings. The first-order chi connectivity index (χ1) is 12.5. The minimum atomic E-state index is -0.329. The van der Waals surface area contributed by atoms with Gasteiger partial charge in [-0.1, -0.05) is 31.4 Å². The fourth-order valence-electron chi connectivity index (χ4n) is 3.98. The first kappa shape index (κ1) is 18.3. The van der Waals surface area contributed by atoms with Crippen LogP contribution in [0.3, 0.4) is 0 Å². The summed E-state index contributed by atoms with van der Waals surface area (Å²) in [6, 6.07) is 6.42. The minimum absolute atomic E-state index is 0.00737. The summed E-state index contributed by atoms with van der Waals surface area (Å²) in [5.74, 6) is 0.285. The molecule has 140 valence electrons. The Labute approximate surface area is 154 Å². The van der Waals surface area contributed by atoms with Crippen LogP contribution in [-0.4, -0.2) is 23.1 Å². The lowest BCUT2D eigenvalue weighted by Gasteiger charge is -2.22. The predicted octanol–water partition coefficient (Wildman–Crippen LogP) is 3.18. The molecule has 1 aliphatic carbocycles. The zero-order valence-electron chi connectivity index (χ0n) is 15.6. The number of hydrogen-bond acceptors (Lipinski definition) is 3. The molecule has 26 heavy (non-hydrogen) atoms. The number of nitrogens with two attached hydrogens (primary N) is 2. The predicted molar refractivity (Wildman–Crippen MR) is 104 cm³/mol. The topological polar surface area (TPSA) is 95.6 Å². The van der Waals surface area contributed by atoms with Crippen molar-refractivity contribution in [2.45, 2.75) is 51.5 Å². The van der Waals surface area contributed by atoms with Gasteiger partial charge in [0, 0.05) is 18.0 Å². The zero-order valence-corrected chi connectivity index (χ0v) is 15.6. The van der Waals surface area contributed by atoms with Crippen molar-refractivity contribution >= 4 is 22.8 Å². The lowest BCUT2D eigenvalue weighted by atomic mass is 9.84. The third-order valence-corrected chi connectivity index (χ3v) is 5.31. The van der Waals surface area contributed by atoms with Crippen LogP contribution in [0, 0.1) is 0 Å². The second-order valence-electron chi connectivity index (χ2n) is 6.95. The van der Waals surface area contributed by atoms with Crippen LogP contribution in [-0.2, 0) is 18.3 Å². The Morgan fingerprint density at radius 1 is 1.27 bits per heavy atom. The largest absolute Gasteiger partial charge is 0.462 e. The first-order valence-electron chi connectivity index (χ1n) is 9.36. The molecule has 0 atom stereocenters. The second kappa shape index (κ2) is 7.81. The maximum atomic E-state index is 12.6. The first-order valence-corrected chi connectivity index (χ1v) is 9.36. The van der Waals surface area contributed by atoms with Crippen LogP contribution in [0.15, 0.2) is 23.2 Å². The molecule has 1 fully saturated rings. The number of carbonyl (C=O) groups is 1. The smallest absolute Gasteiger partial charge is 0.340 e. The number of hydrogen-bond donors (Lipinski definition) is 2. The van der Waals surface area contributed by atoms with E-state index in [4.69, 9.17) is 16.2 Å². The van der Waals surface area contributed by atoms with E-state index >= 15 is 0 Å². The second-order valence-corrected chi connectivity index (χ2v) is 6.95. The Morgan fingerprint density at radius 3 is 2.65 bits per heavy atom. The lowest BCUT2D eigenvalue weighted by Crippen LogP contribution is -2.23. The summed E-state index contributed by atoms with van der Waals surface area (Å²) in [5, 5.41) is 0.895. The molecule has 6 nitrogen and oxygen atoms in total. The van der Waals surface area contributed by atoms with Crippen molar-refractivity contribution in [2.75, 3.05) is 6.61 Å². The van der Waals surface area contributed by atoms with Crippen molar-refractivity contribution in [2.24, 2.45) is 23.5 Å². The summed E-state index contributed by atoms with van der Waals surface area (Å²) in [6.07, 6.45) is 6.39. The quantitative estimate of drug-likeness (QED) is 0.488. The Balaban J connectivity index is 2.10. The number of aryl methyl sites for hydroxylation is 1. The molecular formula is C20H28N4O2. The molecule has 0 bridgehead atoms. The van der Waals surface area contributed by atoms with E-state index in [0.29, 0.717) is 18.1 Å². The number of esters is 1. The van der Waals surface area contributed by atoms with E-state index < -0.39 is 0 Å². The van der Waals surface area contributed by atoms with Crippen LogP contribution >= 0.6 is 0 Å². The fourth-order valence-corrected chi connectivity index (χ4v) is 3.98. The van der Waals surface area contributed by atoms with Crippen molar-refractivity contribution < 1.29 is 9.53 Å². The maximum Gasteiger partial charge on any atom is 0.340 e. The average molecular weight is 356 g/mol. The molecule has 0 aliphatic heterocycles. The minimum Gasteiger partial charge on any atom is -0.462 e. The number of rotatable bonds is 5. The van der Waals surface area contributed by atoms with Gasteiger partial charge in [-0.3, -0.25) is 0 Å². The third kappa shape index (κ3) is 3.54. The molecule has 1 aromatic heterocycles. The molecule has 0 saturated heterocycles. The number of aliphatic imine (C=N–C) groups is 1. The number of nitrogens with zero attached hydrogens (tertiary/aromatic N) is 2. The number of ether oxygens (including phenoxy) is 1. The van der Waals surface area contributed by atoms with E-state index in [-0.39, 0.29) is 18.5 Å². The highest BCUT2D eigenvalue weighted by atomic mass is 16.5. The monoisotopic (exact) mass is 356 g/mol. The van der Waals surface area contributed by atoms with Gasteiger partial charge in [0.15, 0.2) is 5.96 Å². The normalized spacial score (nSPS) is 15.2. The number of carbonyl (C=O) groups excluding carboxylic acids is 1. The van der Waals surface area contributed by atoms with Crippen LogP contribution in [0.2, 0.25) is 0 Å². The van der Waals surface area contributed by atoms with Gasteiger partial charge >= 0.3 is 5.97 Å². The number of aromatic nitrogens is 1. The van der Waals surface area contributed by atoms with Gasteiger partial charge in [-0.15, -0.1) is 0 Å². The van der Waals surface area contributed by atoms with Crippen molar-refractivity contribution in [3.05, 3.63) is 35.0 Å². The summed E-state index contributed by atoms with van der Waals surface area (Å²) in [6.45, 7) is 2.39. The van der Waals surface area contributed by atoms with Crippen molar-refractivity contribution in [3.8, 4) is 0 Å². The van der Waals surface area contributed by atoms with Gasteiger partial charge in [0.2, 0.25) is 0 Å². The van der Waals surface area contributed by atoms with Gasteiger partial charge in [0.1, 0.15) is 0 Å². The van der Waals surface area contributed by atoms with Gasteiger partial charge < -0.3 is 20.8 Å². The Bertz CT molecular complexity index is 828. The van der Waals surface area contributed by atoms with Gasteiger partial charge in [0.25, 0.3) is 0 Å². The standard InChI is InChI=1S/C20H28N4O2/c1-3-26-19(25)18-15-10-9-14(13-7-5-4-6-8-13)11-16(15)24(2)17(18)12-23-20(21)22/h9-11,13H,3-8,12H2,1-2H3,(H4,21,22,23). The Kier molecular flexibility index (Phi) is 5.49. The van der Waals surface area contributed by atoms with E-state index in [9.17, 15) is 4.79 Å². The molecule has 6 heteroatoms. The Hall–Kier alpha value is -2.50. The highest BCUT2D eigenvalue weighted by Crippen LogP contribution is 2.35. The van der Waals surface area contributed by atoms with Gasteiger partial charge in [-0.05, 0) is 37.3 Å². The van der Waals surface area contributed by atoms with E-state index in [1.807, 2.05) is 17.7 Å². The van der Waals surface area contributed by atoms with Crippen molar-refractivity contribution in [1.82, 2.24) is 4.57 Å². The van der Waals surface area contributed by atoms with Crippen molar-refractivity contribution in [3.63, 3.8) is 0 Å². The van der Waals surface area contributed by atoms with Crippen LogP contribution < -0.4 is 11.5 Å². The molecule has 1 saturated carbocycles. The SMILES string of the molecule is CCOC(=O)c1c(CN=C(N)N)n(C)c2cc(C3CCCCC3)ccc12. The zero-order chi connectivity index (χ0) is 18.7. The summed E-state index contributed by atoms with van der Waals surface area (Å²) < 4.78 is 7.29. The van der Waals surface area contributed by atoms with E-state index in [2.05, 4.69) is 17.1 Å². The van der Waals surface area contributed by atoms with Crippen molar-refractivity contribution in [1.29, 1.82) is 0 Å². The molecule has 0 unspecified atom stereocenters. The molecule has 0 spiro atoms. The molecule has 0 amide bonds. The van der Waals surface area contributed by atoms with Crippen LogP contribution in [0.4, 0.5) is 0 Å². The van der Waals surface area contributed by atoms with E-state index in [0.717, 1.165) is 16.6 Å². The highest BCUT2D eigenvalue weighted by Gasteiger charge is 2.23. The summed E-state index contributed by atoms with van der Waals surface area (Å²) in [4.78, 5) is 16.7. The average Bonchev–Trinajstić information content (AvgIpc) is 2.92. The summed E-state index contributed by atoms with van der Waals surface area (Å²) in [5.41, 5.74) is 14.7. The Morgan fingerprint density at radius 2 is 2.00 bits per heavy atom. The van der Waals surface area contributed by atoms with Gasteiger partial charge in [-0.2, -0.15) is 0 Å². The molecular weight excluding hydrogens is 328 g/mol. The lowest BCUT2D eigenvalue weighted by molar-refractivity contribution is 0.0527. The number of fused-ring (bicyclic) bond motifs is 1. The van der Waals surface area contributed by atoms with E-state index in [1.54, 1.807) is 6.92 Å². The molecule has 0 radical (unpaired) electrons.